The maximum atomic E-state index is 5.77. The van der Waals surface area contributed by atoms with Crippen molar-refractivity contribution in [2.75, 3.05) is 4.90 Å². The third kappa shape index (κ3) is 6.39. The minimum atomic E-state index is -0.585. The molecule has 0 radical (unpaired) electrons. The zero-order valence-corrected chi connectivity index (χ0v) is 37.8. The highest BCUT2D eigenvalue weighted by Crippen LogP contribution is 2.60. The van der Waals surface area contributed by atoms with Crippen LogP contribution in [0.3, 0.4) is 0 Å². The molecule has 69 heavy (non-hydrogen) atoms. The van der Waals surface area contributed by atoms with Gasteiger partial charge >= 0.3 is 0 Å². The average molecular weight is 880 g/mol. The van der Waals surface area contributed by atoms with Crippen LogP contribution in [0.25, 0.3) is 72.2 Å². The second-order valence-corrected chi connectivity index (χ2v) is 17.8. The molecule has 1 aliphatic rings. The Kier molecular flexibility index (Phi) is 9.73. The first kappa shape index (κ1) is 40.2. The van der Waals surface area contributed by atoms with Crippen LogP contribution >= 0.6 is 0 Å². The van der Waals surface area contributed by atoms with E-state index in [1.807, 2.05) is 0 Å². The molecule has 3 heteroatoms. The lowest BCUT2D eigenvalue weighted by Gasteiger charge is -2.35. The second kappa shape index (κ2) is 16.7. The number of aromatic nitrogens is 2. The highest BCUT2D eigenvalue weighted by molar-refractivity contribution is 6.16. The Hall–Kier alpha value is -9.05. The molecule has 0 N–H and O–H groups in total. The Morgan fingerprint density at radius 3 is 1.45 bits per heavy atom. The van der Waals surface area contributed by atoms with Gasteiger partial charge in [-0.3, -0.25) is 0 Å². The summed E-state index contributed by atoms with van der Waals surface area (Å²) in [6.45, 7) is 0. The van der Waals surface area contributed by atoms with Gasteiger partial charge in [0.2, 0.25) is 0 Å². The van der Waals surface area contributed by atoms with Crippen LogP contribution < -0.4 is 4.90 Å². The Bertz CT molecular complexity index is 3750. The van der Waals surface area contributed by atoms with Crippen LogP contribution in [0.15, 0.2) is 273 Å². The summed E-state index contributed by atoms with van der Waals surface area (Å²) in [4.78, 5) is 2.53. The largest absolute Gasteiger partial charge is 0.307 e. The van der Waals surface area contributed by atoms with Crippen LogP contribution in [-0.2, 0) is 5.41 Å². The Morgan fingerprint density at radius 2 is 0.826 bits per heavy atom. The molecular weight excluding hydrogens is 835 g/mol. The molecule has 0 bridgehead atoms. The van der Waals surface area contributed by atoms with E-state index in [-0.39, 0.29) is 0 Å². The van der Waals surface area contributed by atoms with E-state index in [1.165, 1.54) is 38.9 Å². The number of hydrogen-bond acceptors (Lipinski definition) is 2. The minimum absolute atomic E-state index is 0.585. The molecule has 0 spiro atoms. The fourth-order valence-corrected chi connectivity index (χ4v) is 11.2. The molecule has 0 unspecified atom stereocenters. The van der Waals surface area contributed by atoms with Gasteiger partial charge in [0.15, 0.2) is 0 Å². The smallest absolute Gasteiger partial charge is 0.101 e. The number of pyridine rings is 1. The van der Waals surface area contributed by atoms with E-state index in [2.05, 4.69) is 282 Å². The molecular formula is C66H45N3. The van der Waals surface area contributed by atoms with Gasteiger partial charge in [0.05, 0.1) is 28.0 Å². The first-order chi connectivity index (χ1) is 34.3. The summed E-state index contributed by atoms with van der Waals surface area (Å²) in [7, 11) is 0. The Balaban J connectivity index is 1.20. The SMILES string of the molecule is c1ccc(-c2ccc(N(c3cccc4c3-c3ccccc3C4(c3ccccc3)c3ccccc3)c3c(-c4ccccc4)n4nc(-c5ccccc5)c(-c5ccccc5)c4c4ccccc34)cc2)cc1. The molecule has 2 aromatic heterocycles. The van der Waals surface area contributed by atoms with Crippen molar-refractivity contribution in [3.63, 3.8) is 0 Å². The van der Waals surface area contributed by atoms with Crippen molar-refractivity contribution in [2.24, 2.45) is 0 Å². The summed E-state index contributed by atoms with van der Waals surface area (Å²) in [5.74, 6) is 0. The minimum Gasteiger partial charge on any atom is -0.307 e. The van der Waals surface area contributed by atoms with Crippen LogP contribution in [0, 0.1) is 0 Å². The van der Waals surface area contributed by atoms with Crippen molar-refractivity contribution in [1.82, 2.24) is 9.61 Å². The first-order valence-corrected chi connectivity index (χ1v) is 23.7. The predicted octanol–water partition coefficient (Wildman–Crippen LogP) is 17.0. The molecule has 324 valence electrons. The van der Waals surface area contributed by atoms with Crippen LogP contribution in [0.5, 0.6) is 0 Å². The third-order valence-corrected chi connectivity index (χ3v) is 14.1. The standard InChI is InChI=1S/C66H45N3/c1-7-24-46(25-8-1)47-42-44-53(45-43-47)68(59-41-23-40-58-61(59)56-38-21-22-39-57(56)66(58,51-32-15-5-16-33-51)52-34-17-6-18-35-52)65-55-37-20-19-36-54(55)64-60(48-26-9-2-10-27-48)62(49-28-11-3-12-29-49)67-69(64)63(65)50-30-13-4-14-31-50/h1-45H. The van der Waals surface area contributed by atoms with Crippen LogP contribution in [-0.4, -0.2) is 9.61 Å². The molecule has 12 aromatic rings. The lowest BCUT2D eigenvalue weighted by Crippen LogP contribution is -2.28. The summed E-state index contributed by atoms with van der Waals surface area (Å²) in [5.41, 5.74) is 19.6. The van der Waals surface area contributed by atoms with Crippen LogP contribution in [0.4, 0.5) is 17.1 Å². The normalized spacial score (nSPS) is 12.5. The number of rotatable bonds is 9. The number of nitrogens with zero attached hydrogens (tertiary/aromatic N) is 3. The molecule has 0 saturated carbocycles. The summed E-state index contributed by atoms with van der Waals surface area (Å²) in [5, 5.41) is 8.00. The molecule has 0 amide bonds. The monoisotopic (exact) mass is 879 g/mol. The van der Waals surface area contributed by atoms with Crippen LogP contribution in [0.2, 0.25) is 0 Å². The number of anilines is 3. The average Bonchev–Trinajstić information content (AvgIpc) is 3.98. The van der Waals surface area contributed by atoms with Crippen molar-refractivity contribution in [2.45, 2.75) is 5.41 Å². The predicted molar refractivity (Wildman–Crippen MR) is 286 cm³/mol. The lowest BCUT2D eigenvalue weighted by molar-refractivity contribution is 0.768. The van der Waals surface area contributed by atoms with E-state index in [4.69, 9.17) is 5.10 Å². The summed E-state index contributed by atoms with van der Waals surface area (Å²) in [6.07, 6.45) is 0. The van der Waals surface area contributed by atoms with Crippen molar-refractivity contribution in [3.8, 4) is 55.9 Å². The van der Waals surface area contributed by atoms with Crippen LogP contribution in [0.1, 0.15) is 22.3 Å². The van der Waals surface area contributed by atoms with Crippen molar-refractivity contribution < 1.29 is 0 Å². The van der Waals surface area contributed by atoms with Crippen molar-refractivity contribution in [3.05, 3.63) is 295 Å². The Morgan fingerprint density at radius 1 is 0.348 bits per heavy atom. The first-order valence-electron chi connectivity index (χ1n) is 23.7. The molecule has 3 nitrogen and oxygen atoms in total. The molecule has 1 aliphatic carbocycles. The van der Waals surface area contributed by atoms with Gasteiger partial charge in [-0.25, -0.2) is 4.52 Å². The molecule has 0 atom stereocenters. The summed E-state index contributed by atoms with van der Waals surface area (Å²) >= 11 is 0. The van der Waals surface area contributed by atoms with Gasteiger partial charge in [-0.2, -0.15) is 5.10 Å². The van der Waals surface area contributed by atoms with Gasteiger partial charge in [-0.1, -0.05) is 255 Å². The Labute approximate surface area is 402 Å². The van der Waals surface area contributed by atoms with Crippen molar-refractivity contribution >= 4 is 33.4 Å². The zero-order valence-electron chi connectivity index (χ0n) is 37.8. The second-order valence-electron chi connectivity index (χ2n) is 17.8. The highest BCUT2D eigenvalue weighted by atomic mass is 15.3. The van der Waals surface area contributed by atoms with Gasteiger partial charge in [-0.05, 0) is 62.7 Å². The summed E-state index contributed by atoms with van der Waals surface area (Å²) < 4.78 is 2.25. The molecule has 0 aliphatic heterocycles. The maximum absolute atomic E-state index is 5.77. The fraction of sp³-hybridized carbons (Fsp3) is 0.0152. The zero-order chi connectivity index (χ0) is 45.7. The molecule has 2 heterocycles. The highest BCUT2D eigenvalue weighted by Gasteiger charge is 2.47. The lowest BCUT2D eigenvalue weighted by atomic mass is 9.68. The molecule has 13 rings (SSSR count). The molecule has 0 fully saturated rings. The van der Waals surface area contributed by atoms with E-state index < -0.39 is 5.41 Å². The van der Waals surface area contributed by atoms with Gasteiger partial charge in [0.1, 0.15) is 5.69 Å². The topological polar surface area (TPSA) is 20.5 Å². The van der Waals surface area contributed by atoms with Gasteiger partial charge in [0, 0.05) is 38.7 Å². The van der Waals surface area contributed by atoms with E-state index in [1.54, 1.807) is 0 Å². The van der Waals surface area contributed by atoms with Gasteiger partial charge < -0.3 is 4.90 Å². The summed E-state index contributed by atoms with van der Waals surface area (Å²) in [6, 6.07) is 99.2. The number of benzene rings is 10. The number of hydrogen-bond donors (Lipinski definition) is 0. The fourth-order valence-electron chi connectivity index (χ4n) is 11.2. The van der Waals surface area contributed by atoms with E-state index >= 15 is 0 Å². The van der Waals surface area contributed by atoms with E-state index in [9.17, 15) is 0 Å². The molecule has 0 saturated heterocycles. The number of fused-ring (bicyclic) bond motifs is 6. The third-order valence-electron chi connectivity index (χ3n) is 14.1. The molecule has 10 aromatic carbocycles. The van der Waals surface area contributed by atoms with E-state index in [0.717, 1.165) is 72.6 Å². The van der Waals surface area contributed by atoms with Gasteiger partial charge in [0.25, 0.3) is 0 Å². The van der Waals surface area contributed by atoms with E-state index in [0.29, 0.717) is 0 Å². The maximum Gasteiger partial charge on any atom is 0.101 e. The quantitative estimate of drug-likeness (QED) is 0.144. The van der Waals surface area contributed by atoms with Crippen molar-refractivity contribution in [1.29, 1.82) is 0 Å². The van der Waals surface area contributed by atoms with Gasteiger partial charge in [-0.15, -0.1) is 0 Å².